The number of benzene rings is 2. The van der Waals surface area contributed by atoms with E-state index in [2.05, 4.69) is 0 Å². The van der Waals surface area contributed by atoms with E-state index in [1.165, 1.54) is 10.0 Å². The number of rotatable bonds is 4. The molecular weight excluding hydrogens is 356 g/mol. The summed E-state index contributed by atoms with van der Waals surface area (Å²) < 4.78 is 10.6. The monoisotopic (exact) mass is 380 g/mol. The summed E-state index contributed by atoms with van der Waals surface area (Å²) in [6.07, 6.45) is 2.63. The zero-order valence-corrected chi connectivity index (χ0v) is 16.0. The molecule has 2 atom stereocenters. The maximum Gasteiger partial charge on any atom is 0.429 e. The van der Waals surface area contributed by atoms with Crippen molar-refractivity contribution >= 4 is 12.2 Å². The predicted molar refractivity (Wildman–Crippen MR) is 105 cm³/mol. The second kappa shape index (κ2) is 9.08. The van der Waals surface area contributed by atoms with E-state index in [1.807, 2.05) is 72.8 Å². The number of hydrazine groups is 1. The van der Waals surface area contributed by atoms with Crippen LogP contribution in [0.1, 0.15) is 37.1 Å². The summed E-state index contributed by atoms with van der Waals surface area (Å²) >= 11 is 0. The van der Waals surface area contributed by atoms with Crippen molar-refractivity contribution in [3.8, 4) is 0 Å². The Hall–Kier alpha value is -3.28. The average Bonchev–Trinajstić information content (AvgIpc) is 2.74. The first-order chi connectivity index (χ1) is 13.7. The normalized spacial score (nSPS) is 18.6. The van der Waals surface area contributed by atoms with Gasteiger partial charge in [-0.05, 0) is 25.0 Å². The highest BCUT2D eigenvalue weighted by Gasteiger charge is 2.41. The minimum Gasteiger partial charge on any atom is -0.448 e. The summed E-state index contributed by atoms with van der Waals surface area (Å²) in [6.45, 7) is 3.87. The van der Waals surface area contributed by atoms with E-state index in [4.69, 9.17) is 9.47 Å². The predicted octanol–water partition coefficient (Wildman–Crippen LogP) is 4.87. The topological polar surface area (TPSA) is 59.1 Å². The molecule has 1 aliphatic rings. The van der Waals surface area contributed by atoms with Gasteiger partial charge in [0.1, 0.15) is 12.1 Å². The zero-order valence-electron chi connectivity index (χ0n) is 16.0. The molecule has 28 heavy (non-hydrogen) atoms. The molecule has 2 amide bonds. The Morgan fingerprint density at radius 2 is 1.07 bits per heavy atom. The zero-order chi connectivity index (χ0) is 19.9. The van der Waals surface area contributed by atoms with Crippen LogP contribution < -0.4 is 0 Å². The standard InChI is InChI=1S/C22H24N2O4/c1-3-27-21(25)23-19(17-11-7-5-8-12-17)15-16-20(18-13-9-6-10-14-18)24(23)22(26)28-4-2/h5-16,19-20H,3-4H2,1-2H3/t19-,20-/m0/s1. The lowest BCUT2D eigenvalue weighted by Gasteiger charge is -2.44. The van der Waals surface area contributed by atoms with Crippen LogP contribution in [0.5, 0.6) is 0 Å². The molecule has 0 aromatic heterocycles. The van der Waals surface area contributed by atoms with Crippen molar-refractivity contribution in [1.29, 1.82) is 0 Å². The third-order valence-electron chi connectivity index (χ3n) is 4.43. The van der Waals surface area contributed by atoms with Crippen LogP contribution in [0.4, 0.5) is 9.59 Å². The Morgan fingerprint density at radius 1 is 0.714 bits per heavy atom. The molecule has 6 nitrogen and oxygen atoms in total. The van der Waals surface area contributed by atoms with Crippen LogP contribution in [-0.2, 0) is 9.47 Å². The van der Waals surface area contributed by atoms with E-state index in [-0.39, 0.29) is 13.2 Å². The van der Waals surface area contributed by atoms with Crippen LogP contribution in [-0.4, -0.2) is 35.4 Å². The summed E-state index contributed by atoms with van der Waals surface area (Å²) in [4.78, 5) is 25.8. The van der Waals surface area contributed by atoms with Gasteiger partial charge in [0.05, 0.1) is 13.2 Å². The van der Waals surface area contributed by atoms with E-state index < -0.39 is 24.3 Å². The Balaban J connectivity index is 2.10. The highest BCUT2D eigenvalue weighted by Crippen LogP contribution is 2.37. The van der Waals surface area contributed by atoms with Crippen molar-refractivity contribution in [2.45, 2.75) is 25.9 Å². The van der Waals surface area contributed by atoms with Gasteiger partial charge < -0.3 is 9.47 Å². The number of carbonyl (C=O) groups is 2. The quantitative estimate of drug-likeness (QED) is 0.710. The number of hydrogen-bond acceptors (Lipinski definition) is 4. The van der Waals surface area contributed by atoms with Gasteiger partial charge in [-0.15, -0.1) is 0 Å². The molecule has 1 aliphatic heterocycles. The minimum absolute atomic E-state index is 0.202. The highest BCUT2D eigenvalue weighted by molar-refractivity contribution is 5.76. The van der Waals surface area contributed by atoms with E-state index in [1.54, 1.807) is 13.8 Å². The smallest absolute Gasteiger partial charge is 0.429 e. The van der Waals surface area contributed by atoms with Gasteiger partial charge in [-0.3, -0.25) is 0 Å². The first kappa shape index (κ1) is 19.5. The largest absolute Gasteiger partial charge is 0.448 e. The fourth-order valence-corrected chi connectivity index (χ4v) is 3.23. The van der Waals surface area contributed by atoms with Crippen molar-refractivity contribution in [2.24, 2.45) is 0 Å². The van der Waals surface area contributed by atoms with Crippen LogP contribution in [0.25, 0.3) is 0 Å². The van der Waals surface area contributed by atoms with Crippen LogP contribution in [0, 0.1) is 0 Å². The van der Waals surface area contributed by atoms with E-state index >= 15 is 0 Å². The van der Waals surface area contributed by atoms with Crippen molar-refractivity contribution in [3.63, 3.8) is 0 Å². The van der Waals surface area contributed by atoms with Gasteiger partial charge in [0, 0.05) is 0 Å². The maximum atomic E-state index is 12.9. The summed E-state index contributed by atoms with van der Waals surface area (Å²) in [6, 6.07) is 18.1. The molecule has 0 bridgehead atoms. The summed E-state index contributed by atoms with van der Waals surface area (Å²) in [5.41, 5.74) is 1.74. The molecule has 0 spiro atoms. The number of ether oxygens (including phenoxy) is 2. The lowest BCUT2D eigenvalue weighted by molar-refractivity contribution is -0.0561. The molecule has 0 radical (unpaired) electrons. The fourth-order valence-electron chi connectivity index (χ4n) is 3.23. The molecule has 2 aromatic carbocycles. The Labute approximate surface area is 164 Å². The van der Waals surface area contributed by atoms with Crippen LogP contribution in [0.2, 0.25) is 0 Å². The average molecular weight is 380 g/mol. The fraction of sp³-hybridized carbons (Fsp3) is 0.273. The van der Waals surface area contributed by atoms with Gasteiger partial charge in [0.2, 0.25) is 0 Å². The number of carbonyl (C=O) groups excluding carboxylic acids is 2. The molecule has 6 heteroatoms. The second-order valence-corrected chi connectivity index (χ2v) is 6.18. The molecule has 146 valence electrons. The van der Waals surface area contributed by atoms with Crippen molar-refractivity contribution in [1.82, 2.24) is 10.0 Å². The van der Waals surface area contributed by atoms with Crippen molar-refractivity contribution < 1.29 is 19.1 Å². The molecule has 2 aromatic rings. The summed E-state index contributed by atoms with van der Waals surface area (Å²) in [7, 11) is 0. The first-order valence-corrected chi connectivity index (χ1v) is 9.37. The molecule has 3 rings (SSSR count). The van der Waals surface area contributed by atoms with Crippen molar-refractivity contribution in [3.05, 3.63) is 83.9 Å². The van der Waals surface area contributed by atoms with Crippen molar-refractivity contribution in [2.75, 3.05) is 13.2 Å². The van der Waals surface area contributed by atoms with E-state index in [0.29, 0.717) is 0 Å². The van der Waals surface area contributed by atoms with Gasteiger partial charge in [-0.25, -0.2) is 19.6 Å². The second-order valence-electron chi connectivity index (χ2n) is 6.18. The first-order valence-electron chi connectivity index (χ1n) is 9.37. The number of hydrogen-bond donors (Lipinski definition) is 0. The number of nitrogens with zero attached hydrogens (tertiary/aromatic N) is 2. The third kappa shape index (κ3) is 4.01. The molecule has 0 saturated heterocycles. The Kier molecular flexibility index (Phi) is 6.32. The lowest BCUT2D eigenvalue weighted by atomic mass is 9.99. The molecule has 0 unspecified atom stereocenters. The molecule has 0 fully saturated rings. The van der Waals surface area contributed by atoms with Crippen LogP contribution in [0.3, 0.4) is 0 Å². The maximum absolute atomic E-state index is 12.9. The summed E-state index contributed by atoms with van der Waals surface area (Å²) in [5.74, 6) is 0. The van der Waals surface area contributed by atoms with Crippen LogP contribution >= 0.6 is 0 Å². The molecule has 1 heterocycles. The SMILES string of the molecule is CCOC(=O)N1[C@H](c2ccccc2)C=C[C@@H](c2ccccc2)N1C(=O)OCC. The van der Waals surface area contributed by atoms with Gasteiger partial charge in [-0.1, -0.05) is 72.8 Å². The molecule has 0 aliphatic carbocycles. The molecule has 0 N–H and O–H groups in total. The van der Waals surface area contributed by atoms with Crippen LogP contribution in [0.15, 0.2) is 72.8 Å². The summed E-state index contributed by atoms with van der Waals surface area (Å²) in [5, 5.41) is 2.68. The molecule has 0 saturated carbocycles. The lowest BCUT2D eigenvalue weighted by Crippen LogP contribution is -2.54. The number of amides is 2. The molecular formula is C22H24N2O4. The van der Waals surface area contributed by atoms with Gasteiger partial charge in [0.25, 0.3) is 0 Å². The van der Waals surface area contributed by atoms with E-state index in [0.717, 1.165) is 11.1 Å². The Bertz CT molecular complexity index is 753. The highest BCUT2D eigenvalue weighted by atomic mass is 16.6. The van der Waals surface area contributed by atoms with Gasteiger partial charge in [0.15, 0.2) is 0 Å². The Morgan fingerprint density at radius 3 is 1.39 bits per heavy atom. The van der Waals surface area contributed by atoms with E-state index in [9.17, 15) is 9.59 Å². The minimum atomic E-state index is -0.602. The van der Waals surface area contributed by atoms with Gasteiger partial charge >= 0.3 is 12.2 Å². The third-order valence-corrected chi connectivity index (χ3v) is 4.43. The van der Waals surface area contributed by atoms with Gasteiger partial charge in [-0.2, -0.15) is 0 Å².